The lowest BCUT2D eigenvalue weighted by atomic mass is 9.92. The van der Waals surface area contributed by atoms with Gasteiger partial charge in [0.1, 0.15) is 5.82 Å². The van der Waals surface area contributed by atoms with Crippen LogP contribution in [0.5, 0.6) is 0 Å². The van der Waals surface area contributed by atoms with Crippen LogP contribution in [0.1, 0.15) is 32.6 Å². The molecule has 1 fully saturated rings. The summed E-state index contributed by atoms with van der Waals surface area (Å²) in [6.07, 6.45) is 5.85. The van der Waals surface area contributed by atoms with E-state index in [9.17, 15) is 4.79 Å². The van der Waals surface area contributed by atoms with Crippen molar-refractivity contribution in [3.63, 3.8) is 0 Å². The van der Waals surface area contributed by atoms with Gasteiger partial charge in [0.25, 0.3) is 0 Å². The van der Waals surface area contributed by atoms with Crippen LogP contribution in [0.15, 0.2) is 36.5 Å². The Morgan fingerprint density at radius 1 is 1.24 bits per heavy atom. The molecule has 1 aromatic carbocycles. The predicted molar refractivity (Wildman–Crippen MR) is 103 cm³/mol. The number of pyridine rings is 1. The number of carbonyl (C=O) groups is 1. The van der Waals surface area contributed by atoms with Gasteiger partial charge in [-0.3, -0.25) is 4.79 Å². The topological polar surface area (TPSA) is 80.0 Å². The molecule has 0 unspecified atom stereocenters. The molecular weight excluding hydrogens is 336 g/mol. The maximum atomic E-state index is 11.3. The van der Waals surface area contributed by atoms with Crippen LogP contribution in [0.4, 0.5) is 11.5 Å². The lowest BCUT2D eigenvalue weighted by Crippen LogP contribution is -2.33. The number of nitrogens with two attached hydrogens (primary N) is 1. The molecule has 132 valence electrons. The van der Waals surface area contributed by atoms with Crippen molar-refractivity contribution in [2.24, 2.45) is 5.73 Å². The normalized spacial score (nSPS) is 20.1. The van der Waals surface area contributed by atoms with Crippen LogP contribution >= 0.6 is 11.6 Å². The Labute approximate surface area is 153 Å². The number of rotatable bonds is 4. The van der Waals surface area contributed by atoms with Gasteiger partial charge in [0.15, 0.2) is 0 Å². The van der Waals surface area contributed by atoms with Crippen LogP contribution in [-0.2, 0) is 4.79 Å². The number of nitrogens with one attached hydrogen (secondary N) is 2. The monoisotopic (exact) mass is 358 g/mol. The summed E-state index contributed by atoms with van der Waals surface area (Å²) in [5, 5.41) is 6.86. The summed E-state index contributed by atoms with van der Waals surface area (Å²) < 4.78 is 0. The lowest BCUT2D eigenvalue weighted by Gasteiger charge is -2.27. The summed E-state index contributed by atoms with van der Waals surface area (Å²) in [5.74, 6) is 0.709. The molecule has 3 rings (SSSR count). The number of hydrogen-bond acceptors (Lipinski definition) is 4. The van der Waals surface area contributed by atoms with Gasteiger partial charge in [-0.15, -0.1) is 0 Å². The first kappa shape index (κ1) is 17.7. The van der Waals surface area contributed by atoms with E-state index < -0.39 is 0 Å². The smallest absolute Gasteiger partial charge is 0.221 e. The molecule has 1 aliphatic carbocycles. The van der Waals surface area contributed by atoms with Crippen molar-refractivity contribution in [1.29, 1.82) is 0 Å². The SMILES string of the molecule is CC(=O)Nc1cccc(-c2cc(NC3CCC(N)CC3)ncc2Cl)c1. The van der Waals surface area contributed by atoms with Gasteiger partial charge in [0.05, 0.1) is 5.02 Å². The van der Waals surface area contributed by atoms with Crippen molar-refractivity contribution in [2.45, 2.75) is 44.7 Å². The number of anilines is 2. The fourth-order valence-electron chi connectivity index (χ4n) is 3.18. The van der Waals surface area contributed by atoms with Gasteiger partial charge in [0, 0.05) is 36.5 Å². The molecule has 1 aromatic heterocycles. The Hall–Kier alpha value is -2.11. The maximum Gasteiger partial charge on any atom is 0.221 e. The zero-order valence-electron chi connectivity index (χ0n) is 14.3. The fraction of sp³-hybridized carbons (Fsp3) is 0.368. The Kier molecular flexibility index (Phi) is 5.56. The molecule has 1 amide bonds. The van der Waals surface area contributed by atoms with Gasteiger partial charge >= 0.3 is 0 Å². The first-order chi connectivity index (χ1) is 12.0. The van der Waals surface area contributed by atoms with Gasteiger partial charge in [-0.2, -0.15) is 0 Å². The second-order valence-corrected chi connectivity index (χ2v) is 6.97. The number of aromatic nitrogens is 1. The Balaban J connectivity index is 1.81. The van der Waals surface area contributed by atoms with Crippen LogP contribution in [0.25, 0.3) is 11.1 Å². The average Bonchev–Trinajstić information content (AvgIpc) is 2.58. The molecule has 1 saturated carbocycles. The fourth-order valence-corrected chi connectivity index (χ4v) is 3.39. The van der Waals surface area contributed by atoms with E-state index in [-0.39, 0.29) is 5.91 Å². The zero-order valence-corrected chi connectivity index (χ0v) is 15.0. The molecule has 0 aliphatic heterocycles. The van der Waals surface area contributed by atoms with Gasteiger partial charge in [-0.05, 0) is 49.4 Å². The maximum absolute atomic E-state index is 11.3. The highest BCUT2D eigenvalue weighted by atomic mass is 35.5. The molecule has 4 N–H and O–H groups in total. The van der Waals surface area contributed by atoms with E-state index in [1.54, 1.807) is 6.20 Å². The predicted octanol–water partition coefficient (Wildman–Crippen LogP) is 4.04. The van der Waals surface area contributed by atoms with Gasteiger partial charge in [0.2, 0.25) is 5.91 Å². The van der Waals surface area contributed by atoms with E-state index in [4.69, 9.17) is 17.3 Å². The van der Waals surface area contributed by atoms with Gasteiger partial charge in [-0.1, -0.05) is 23.7 Å². The minimum Gasteiger partial charge on any atom is -0.367 e. The number of carbonyl (C=O) groups excluding carboxylic acids is 1. The summed E-state index contributed by atoms with van der Waals surface area (Å²) >= 11 is 6.36. The molecule has 25 heavy (non-hydrogen) atoms. The molecule has 0 saturated heterocycles. The number of hydrogen-bond donors (Lipinski definition) is 3. The first-order valence-electron chi connectivity index (χ1n) is 8.57. The molecule has 1 aliphatic rings. The Morgan fingerprint density at radius 3 is 2.72 bits per heavy atom. The number of nitrogens with zero attached hydrogens (tertiary/aromatic N) is 1. The number of halogens is 1. The van der Waals surface area contributed by atoms with E-state index in [1.165, 1.54) is 6.92 Å². The Bertz CT molecular complexity index is 757. The molecule has 6 heteroatoms. The molecule has 5 nitrogen and oxygen atoms in total. The number of amides is 1. The van der Waals surface area contributed by atoms with Crippen LogP contribution in [0, 0.1) is 0 Å². The number of benzene rings is 1. The highest BCUT2D eigenvalue weighted by molar-refractivity contribution is 6.33. The van der Waals surface area contributed by atoms with Crippen molar-refractivity contribution >= 4 is 29.0 Å². The van der Waals surface area contributed by atoms with Crippen molar-refractivity contribution in [3.05, 3.63) is 41.6 Å². The van der Waals surface area contributed by atoms with Crippen LogP contribution < -0.4 is 16.4 Å². The first-order valence-corrected chi connectivity index (χ1v) is 8.95. The van der Waals surface area contributed by atoms with E-state index in [1.807, 2.05) is 30.3 Å². The minimum atomic E-state index is -0.101. The molecule has 0 radical (unpaired) electrons. The highest BCUT2D eigenvalue weighted by Crippen LogP contribution is 2.31. The third kappa shape index (κ3) is 4.71. The summed E-state index contributed by atoms with van der Waals surface area (Å²) in [6.45, 7) is 1.49. The summed E-state index contributed by atoms with van der Waals surface area (Å²) in [4.78, 5) is 15.7. The molecule has 1 heterocycles. The molecule has 0 spiro atoms. The minimum absolute atomic E-state index is 0.101. The van der Waals surface area contributed by atoms with Gasteiger partial charge < -0.3 is 16.4 Å². The highest BCUT2D eigenvalue weighted by Gasteiger charge is 2.19. The second kappa shape index (κ2) is 7.85. The average molecular weight is 359 g/mol. The molecular formula is C19H23ClN4O. The van der Waals surface area contributed by atoms with Crippen molar-refractivity contribution in [2.75, 3.05) is 10.6 Å². The third-order valence-corrected chi connectivity index (χ3v) is 4.77. The molecule has 2 aromatic rings. The van der Waals surface area contributed by atoms with Crippen molar-refractivity contribution in [3.8, 4) is 11.1 Å². The van der Waals surface area contributed by atoms with E-state index in [0.29, 0.717) is 17.1 Å². The largest absolute Gasteiger partial charge is 0.367 e. The van der Waals surface area contributed by atoms with Crippen LogP contribution in [-0.4, -0.2) is 23.0 Å². The van der Waals surface area contributed by atoms with E-state index in [2.05, 4.69) is 15.6 Å². The van der Waals surface area contributed by atoms with Crippen molar-refractivity contribution in [1.82, 2.24) is 4.98 Å². The van der Waals surface area contributed by atoms with Crippen LogP contribution in [0.3, 0.4) is 0 Å². The summed E-state index contributed by atoms with van der Waals surface area (Å²) in [7, 11) is 0. The summed E-state index contributed by atoms with van der Waals surface area (Å²) in [6, 6.07) is 10.3. The quantitative estimate of drug-likeness (QED) is 0.770. The van der Waals surface area contributed by atoms with Crippen molar-refractivity contribution < 1.29 is 4.79 Å². The van der Waals surface area contributed by atoms with Gasteiger partial charge in [-0.25, -0.2) is 4.98 Å². The Morgan fingerprint density at radius 2 is 2.00 bits per heavy atom. The zero-order chi connectivity index (χ0) is 17.8. The third-order valence-electron chi connectivity index (χ3n) is 4.47. The molecule has 0 atom stereocenters. The van der Waals surface area contributed by atoms with E-state index in [0.717, 1.165) is 48.3 Å². The summed E-state index contributed by atoms with van der Waals surface area (Å²) in [5.41, 5.74) is 8.54. The van der Waals surface area contributed by atoms with Crippen LogP contribution in [0.2, 0.25) is 5.02 Å². The lowest BCUT2D eigenvalue weighted by molar-refractivity contribution is -0.114. The van der Waals surface area contributed by atoms with E-state index >= 15 is 0 Å². The standard InChI is InChI=1S/C19H23ClN4O/c1-12(25)23-16-4-2-3-13(9-16)17-10-19(22-11-18(17)20)24-15-7-5-14(21)6-8-15/h2-4,9-11,14-15H,5-8,21H2,1H3,(H,22,24)(H,23,25). The second-order valence-electron chi connectivity index (χ2n) is 6.57. The molecule has 0 bridgehead atoms.